The van der Waals surface area contributed by atoms with Crippen LogP contribution in [0.1, 0.15) is 49.9 Å². The highest BCUT2D eigenvalue weighted by atomic mass is 15.3. The van der Waals surface area contributed by atoms with Crippen molar-refractivity contribution < 1.29 is 0 Å². The Bertz CT molecular complexity index is 2330. The largest absolute Gasteiger partial charge is 0.310 e. The predicted octanol–water partition coefficient (Wildman–Crippen LogP) is 11.4. The zero-order valence-corrected chi connectivity index (χ0v) is 28.7. The third-order valence-corrected chi connectivity index (χ3v) is 10.5. The smallest absolute Gasteiger partial charge is 0.238 e. The lowest BCUT2D eigenvalue weighted by molar-refractivity contribution is 0.607. The van der Waals surface area contributed by atoms with Crippen molar-refractivity contribution in [3.8, 4) is 22.8 Å². The van der Waals surface area contributed by atoms with Crippen molar-refractivity contribution in [1.82, 2.24) is 15.0 Å². The Hall–Kier alpha value is -6.07. The lowest BCUT2D eigenvalue weighted by atomic mass is 9.68. The summed E-state index contributed by atoms with van der Waals surface area (Å²) >= 11 is 0. The van der Waals surface area contributed by atoms with Crippen LogP contribution >= 0.6 is 0 Å². The molecule has 242 valence electrons. The Balaban J connectivity index is 1.36. The van der Waals surface area contributed by atoms with Crippen LogP contribution in [0.4, 0.5) is 34.4 Å². The van der Waals surface area contributed by atoms with E-state index in [2.05, 4.69) is 153 Å². The summed E-state index contributed by atoms with van der Waals surface area (Å²) in [6.45, 7) is 9.38. The lowest BCUT2D eigenvalue weighted by Gasteiger charge is -2.46. The molecule has 0 unspecified atom stereocenters. The number of rotatable bonds is 4. The molecule has 0 N–H and O–H groups in total. The second kappa shape index (κ2) is 11.2. The highest BCUT2D eigenvalue weighted by Gasteiger charge is 2.43. The maximum absolute atomic E-state index is 5.24. The Morgan fingerprint density at radius 2 is 0.800 bits per heavy atom. The molecule has 0 saturated carbocycles. The van der Waals surface area contributed by atoms with Gasteiger partial charge in [0.2, 0.25) is 5.95 Å². The van der Waals surface area contributed by atoms with Crippen molar-refractivity contribution in [3.05, 3.63) is 174 Å². The standard InChI is InChI=1S/C45H37N5/c1-44(2)33-24-14-16-26-37(33)49(32-22-12-7-13-23-32)39-29-40-36(28-35(39)44)45(3,4)34-25-15-17-27-38(34)50(40)43-47-41(30-18-8-5-9-19-30)46-42(48-43)31-20-10-6-11-21-31/h5-29H,1-4H3. The van der Waals surface area contributed by atoms with Gasteiger partial charge < -0.3 is 4.90 Å². The SMILES string of the molecule is CC1(C)c2ccccc2N(c2ccccc2)c2cc3c(cc21)C(C)(C)c1ccccc1N3c1nc(-c2ccccc2)nc(-c2ccccc2)n1. The van der Waals surface area contributed by atoms with Gasteiger partial charge in [0.25, 0.3) is 0 Å². The summed E-state index contributed by atoms with van der Waals surface area (Å²) in [5.74, 6) is 1.86. The first-order valence-corrected chi connectivity index (χ1v) is 17.2. The second-order valence-electron chi connectivity index (χ2n) is 14.2. The van der Waals surface area contributed by atoms with Crippen molar-refractivity contribution in [3.63, 3.8) is 0 Å². The van der Waals surface area contributed by atoms with Gasteiger partial charge in [-0.3, -0.25) is 4.90 Å². The van der Waals surface area contributed by atoms with Gasteiger partial charge in [0.15, 0.2) is 11.6 Å². The summed E-state index contributed by atoms with van der Waals surface area (Å²) in [6, 6.07) is 53.4. The number of aromatic nitrogens is 3. The van der Waals surface area contributed by atoms with Gasteiger partial charge in [0, 0.05) is 27.6 Å². The summed E-state index contributed by atoms with van der Waals surface area (Å²) in [6.07, 6.45) is 0. The number of benzene rings is 6. The lowest BCUT2D eigenvalue weighted by Crippen LogP contribution is -2.35. The van der Waals surface area contributed by atoms with Crippen molar-refractivity contribution >= 4 is 34.4 Å². The van der Waals surface area contributed by atoms with Gasteiger partial charge in [-0.2, -0.15) is 9.97 Å². The van der Waals surface area contributed by atoms with E-state index in [1.54, 1.807) is 0 Å². The molecule has 0 radical (unpaired) electrons. The number of hydrogen-bond donors (Lipinski definition) is 0. The molecular weight excluding hydrogens is 611 g/mol. The first kappa shape index (κ1) is 30.0. The third-order valence-electron chi connectivity index (χ3n) is 10.5. The van der Waals surface area contributed by atoms with E-state index in [1.807, 2.05) is 36.4 Å². The van der Waals surface area contributed by atoms with Crippen molar-refractivity contribution in [2.45, 2.75) is 38.5 Å². The molecule has 6 aromatic carbocycles. The first-order chi connectivity index (χ1) is 24.3. The average Bonchev–Trinajstić information content (AvgIpc) is 3.16. The van der Waals surface area contributed by atoms with E-state index >= 15 is 0 Å². The van der Waals surface area contributed by atoms with Crippen LogP contribution in [0.25, 0.3) is 22.8 Å². The summed E-state index contributed by atoms with van der Waals surface area (Å²) in [7, 11) is 0. The van der Waals surface area contributed by atoms with Crippen LogP contribution in [-0.2, 0) is 10.8 Å². The normalized spacial score (nSPS) is 15.0. The van der Waals surface area contributed by atoms with E-state index in [0.29, 0.717) is 17.6 Å². The minimum Gasteiger partial charge on any atom is -0.310 e. The molecule has 0 spiro atoms. The Morgan fingerprint density at radius 1 is 0.380 bits per heavy atom. The van der Waals surface area contributed by atoms with Crippen molar-refractivity contribution in [2.75, 3.05) is 9.80 Å². The minimum absolute atomic E-state index is 0.238. The molecule has 0 aliphatic carbocycles. The Kier molecular flexibility index (Phi) is 6.75. The van der Waals surface area contributed by atoms with Crippen LogP contribution in [0.15, 0.2) is 152 Å². The monoisotopic (exact) mass is 647 g/mol. The highest BCUT2D eigenvalue weighted by molar-refractivity contribution is 5.92. The van der Waals surface area contributed by atoms with Gasteiger partial charge in [-0.15, -0.1) is 0 Å². The maximum Gasteiger partial charge on any atom is 0.238 e. The maximum atomic E-state index is 5.24. The topological polar surface area (TPSA) is 45.2 Å². The number of anilines is 6. The summed E-state index contributed by atoms with van der Waals surface area (Å²) in [5, 5.41) is 0. The van der Waals surface area contributed by atoms with Gasteiger partial charge in [0.05, 0.1) is 22.7 Å². The van der Waals surface area contributed by atoms with E-state index in [4.69, 9.17) is 15.0 Å². The Labute approximate surface area is 293 Å². The molecule has 0 bridgehead atoms. The quantitative estimate of drug-likeness (QED) is 0.190. The van der Waals surface area contributed by atoms with E-state index in [-0.39, 0.29) is 10.8 Å². The number of fused-ring (bicyclic) bond motifs is 4. The molecule has 50 heavy (non-hydrogen) atoms. The van der Waals surface area contributed by atoms with Gasteiger partial charge in [0.1, 0.15) is 0 Å². The Morgan fingerprint density at radius 3 is 1.32 bits per heavy atom. The molecule has 2 aliphatic rings. The molecule has 5 nitrogen and oxygen atoms in total. The number of para-hydroxylation sites is 3. The zero-order valence-electron chi connectivity index (χ0n) is 28.7. The third kappa shape index (κ3) is 4.57. The van der Waals surface area contributed by atoms with Crippen LogP contribution in [0, 0.1) is 0 Å². The van der Waals surface area contributed by atoms with Crippen molar-refractivity contribution in [1.29, 1.82) is 0 Å². The molecule has 0 saturated heterocycles. The van der Waals surface area contributed by atoms with Crippen molar-refractivity contribution in [2.24, 2.45) is 0 Å². The predicted molar refractivity (Wildman–Crippen MR) is 204 cm³/mol. The summed E-state index contributed by atoms with van der Waals surface area (Å²) in [5.41, 5.74) is 12.0. The van der Waals surface area contributed by atoms with Gasteiger partial charge in [-0.05, 0) is 58.7 Å². The molecule has 0 amide bonds. The van der Waals surface area contributed by atoms with E-state index < -0.39 is 0 Å². The number of hydrogen-bond acceptors (Lipinski definition) is 5. The summed E-state index contributed by atoms with van der Waals surface area (Å²) in [4.78, 5) is 20.2. The fourth-order valence-electron chi connectivity index (χ4n) is 7.86. The first-order valence-electron chi connectivity index (χ1n) is 17.2. The van der Waals surface area contributed by atoms with Crippen LogP contribution in [0.2, 0.25) is 0 Å². The van der Waals surface area contributed by atoms with Crippen LogP contribution in [-0.4, -0.2) is 15.0 Å². The molecule has 0 atom stereocenters. The van der Waals surface area contributed by atoms with E-state index in [0.717, 1.165) is 33.9 Å². The molecule has 5 heteroatoms. The van der Waals surface area contributed by atoms with Gasteiger partial charge >= 0.3 is 0 Å². The molecule has 0 fully saturated rings. The van der Waals surface area contributed by atoms with Gasteiger partial charge in [-0.1, -0.05) is 143 Å². The average molecular weight is 648 g/mol. The van der Waals surface area contributed by atoms with Crippen LogP contribution in [0.3, 0.4) is 0 Å². The van der Waals surface area contributed by atoms with E-state index in [1.165, 1.54) is 27.9 Å². The molecular formula is C45H37N5. The molecule has 7 aromatic rings. The highest BCUT2D eigenvalue weighted by Crippen LogP contribution is 2.58. The van der Waals surface area contributed by atoms with Gasteiger partial charge in [-0.25, -0.2) is 4.98 Å². The minimum atomic E-state index is -0.292. The fourth-order valence-corrected chi connectivity index (χ4v) is 7.86. The molecule has 2 aliphatic heterocycles. The van der Waals surface area contributed by atoms with Crippen LogP contribution in [0.5, 0.6) is 0 Å². The zero-order chi connectivity index (χ0) is 34.0. The molecule has 3 heterocycles. The second-order valence-corrected chi connectivity index (χ2v) is 14.2. The van der Waals surface area contributed by atoms with E-state index in [9.17, 15) is 0 Å². The summed E-state index contributed by atoms with van der Waals surface area (Å²) < 4.78 is 0. The number of nitrogens with zero attached hydrogens (tertiary/aromatic N) is 5. The fraction of sp³-hybridized carbons (Fsp3) is 0.133. The molecule has 9 rings (SSSR count). The molecule has 1 aromatic heterocycles. The van der Waals surface area contributed by atoms with Crippen LogP contribution < -0.4 is 9.80 Å².